The van der Waals surface area contributed by atoms with Gasteiger partial charge < -0.3 is 15.0 Å². The van der Waals surface area contributed by atoms with E-state index in [0.29, 0.717) is 12.4 Å². The highest BCUT2D eigenvalue weighted by Gasteiger charge is 2.18. The predicted octanol–water partition coefficient (Wildman–Crippen LogP) is 5.36. The number of nitrogens with zero attached hydrogens (tertiary/aromatic N) is 4. The van der Waals surface area contributed by atoms with E-state index in [1.807, 2.05) is 54.2 Å². The number of pyridine rings is 2. The number of nitrogen functional groups attached to an aromatic ring is 1. The van der Waals surface area contributed by atoms with Crippen molar-refractivity contribution in [2.75, 3.05) is 12.3 Å². The van der Waals surface area contributed by atoms with Gasteiger partial charge in [-0.2, -0.15) is 0 Å². The number of imidazole rings is 1. The monoisotopic (exact) mass is 431 g/mol. The summed E-state index contributed by atoms with van der Waals surface area (Å²) in [6.07, 6.45) is 3.52. The van der Waals surface area contributed by atoms with Gasteiger partial charge in [0.15, 0.2) is 0 Å². The van der Waals surface area contributed by atoms with Crippen LogP contribution in [0.1, 0.15) is 5.69 Å². The first-order valence-electron chi connectivity index (χ1n) is 10.5. The Morgan fingerprint density at radius 3 is 2.68 bits per heavy atom. The van der Waals surface area contributed by atoms with E-state index in [-0.39, 0.29) is 0 Å². The summed E-state index contributed by atoms with van der Waals surface area (Å²) in [7, 11) is -1.14. The maximum absolute atomic E-state index is 6.03. The highest BCUT2D eigenvalue weighted by molar-refractivity contribution is 6.76. The van der Waals surface area contributed by atoms with Crippen LogP contribution in [0.2, 0.25) is 25.7 Å². The predicted molar refractivity (Wildman–Crippen MR) is 129 cm³/mol. The van der Waals surface area contributed by atoms with E-state index in [4.69, 9.17) is 20.4 Å². The van der Waals surface area contributed by atoms with Gasteiger partial charge >= 0.3 is 0 Å². The first kappa shape index (κ1) is 21.2. The topological polar surface area (TPSA) is 78.8 Å². The normalized spacial score (nSPS) is 11.9. The van der Waals surface area contributed by atoms with E-state index >= 15 is 0 Å². The Morgan fingerprint density at radius 1 is 1.06 bits per heavy atom. The van der Waals surface area contributed by atoms with Crippen LogP contribution in [0.3, 0.4) is 0 Å². The van der Waals surface area contributed by atoms with Crippen LogP contribution in [0.15, 0.2) is 55.0 Å². The average Bonchev–Trinajstić information content (AvgIpc) is 3.14. The van der Waals surface area contributed by atoms with Gasteiger partial charge in [-0.25, -0.2) is 4.98 Å². The molecule has 0 saturated heterocycles. The molecule has 0 saturated carbocycles. The smallest absolute Gasteiger partial charge is 0.124 e. The molecule has 3 aromatic heterocycles. The maximum atomic E-state index is 6.03. The molecule has 0 spiro atoms. The van der Waals surface area contributed by atoms with Gasteiger partial charge in [-0.05, 0) is 43.3 Å². The summed E-state index contributed by atoms with van der Waals surface area (Å²) in [4.78, 5) is 13.9. The van der Waals surface area contributed by atoms with E-state index < -0.39 is 8.07 Å². The number of hydrogen-bond acceptors (Lipinski definition) is 5. The molecule has 0 atom stereocenters. The molecule has 6 nitrogen and oxygen atoms in total. The van der Waals surface area contributed by atoms with Crippen LogP contribution in [0.4, 0.5) is 5.69 Å². The lowest BCUT2D eigenvalue weighted by molar-refractivity contribution is 0.0881. The molecule has 1 aromatic carbocycles. The van der Waals surface area contributed by atoms with Crippen molar-refractivity contribution in [1.29, 1.82) is 0 Å². The highest BCUT2D eigenvalue weighted by Crippen LogP contribution is 2.32. The third-order valence-electron chi connectivity index (χ3n) is 5.17. The fourth-order valence-electron chi connectivity index (χ4n) is 3.47. The molecule has 160 valence electrons. The fraction of sp³-hybridized carbons (Fsp3) is 0.292. The summed E-state index contributed by atoms with van der Waals surface area (Å²) in [5.74, 6) is 0. The molecule has 4 aromatic rings. The molecule has 0 aliphatic heterocycles. The second-order valence-corrected chi connectivity index (χ2v) is 14.7. The van der Waals surface area contributed by atoms with Crippen LogP contribution in [-0.2, 0) is 11.5 Å². The zero-order valence-electron chi connectivity index (χ0n) is 18.6. The Hall–Kier alpha value is -3.03. The molecule has 0 aliphatic rings. The first-order valence-corrected chi connectivity index (χ1v) is 14.2. The van der Waals surface area contributed by atoms with Crippen molar-refractivity contribution in [2.45, 2.75) is 39.3 Å². The van der Waals surface area contributed by atoms with Gasteiger partial charge in [0, 0.05) is 31.3 Å². The standard InChI is InChI=1S/C24H29N5OSi/c1-17-6-5-7-22(28-17)24-23(27-15-29(24)16-30-10-11-31(2,3)4)18-8-9-21-19(12-18)13-20(25)14-26-21/h5-9,12-15H,10-11,16,25H2,1-4H3. The lowest BCUT2D eigenvalue weighted by Crippen LogP contribution is -2.22. The minimum absolute atomic E-state index is 0.449. The maximum Gasteiger partial charge on any atom is 0.124 e. The van der Waals surface area contributed by atoms with Crippen LogP contribution in [-0.4, -0.2) is 34.2 Å². The van der Waals surface area contributed by atoms with Gasteiger partial charge in [0.2, 0.25) is 0 Å². The van der Waals surface area contributed by atoms with Crippen LogP contribution in [0.5, 0.6) is 0 Å². The van der Waals surface area contributed by atoms with Crippen LogP contribution >= 0.6 is 0 Å². The summed E-state index contributed by atoms with van der Waals surface area (Å²) in [6, 6.07) is 15.2. The van der Waals surface area contributed by atoms with E-state index in [1.165, 1.54) is 0 Å². The van der Waals surface area contributed by atoms with Crippen molar-refractivity contribution in [1.82, 2.24) is 19.5 Å². The molecular formula is C24H29N5OSi. The summed E-state index contributed by atoms with van der Waals surface area (Å²) in [6.45, 7) is 10.3. The van der Waals surface area contributed by atoms with Crippen molar-refractivity contribution in [3.05, 3.63) is 60.7 Å². The van der Waals surface area contributed by atoms with Gasteiger partial charge in [-0.15, -0.1) is 0 Å². The van der Waals surface area contributed by atoms with Crippen molar-refractivity contribution in [3.63, 3.8) is 0 Å². The summed E-state index contributed by atoms with van der Waals surface area (Å²) >= 11 is 0. The van der Waals surface area contributed by atoms with E-state index in [2.05, 4.69) is 30.7 Å². The first-order chi connectivity index (χ1) is 14.8. The average molecular weight is 432 g/mol. The molecule has 31 heavy (non-hydrogen) atoms. The Morgan fingerprint density at radius 2 is 1.90 bits per heavy atom. The third-order valence-corrected chi connectivity index (χ3v) is 6.88. The molecule has 0 amide bonds. The summed E-state index contributed by atoms with van der Waals surface area (Å²) < 4.78 is 8.07. The molecule has 0 aliphatic carbocycles. The van der Waals surface area contributed by atoms with Crippen LogP contribution in [0, 0.1) is 6.92 Å². The number of rotatable bonds is 7. The van der Waals surface area contributed by atoms with Gasteiger partial charge in [-0.1, -0.05) is 31.8 Å². The largest absolute Gasteiger partial charge is 0.397 e. The summed E-state index contributed by atoms with van der Waals surface area (Å²) in [5, 5.41) is 0.988. The molecule has 2 N–H and O–H groups in total. The van der Waals surface area contributed by atoms with E-state index in [1.54, 1.807) is 6.20 Å². The number of nitrogens with two attached hydrogens (primary N) is 1. The Kier molecular flexibility index (Phi) is 5.89. The molecular weight excluding hydrogens is 402 g/mol. The van der Waals surface area contributed by atoms with Crippen LogP contribution in [0.25, 0.3) is 33.5 Å². The Balaban J connectivity index is 1.73. The fourth-order valence-corrected chi connectivity index (χ4v) is 4.23. The van der Waals surface area contributed by atoms with E-state index in [0.717, 1.165) is 51.9 Å². The number of aryl methyl sites for hydroxylation is 1. The van der Waals surface area contributed by atoms with Crippen molar-refractivity contribution in [3.8, 4) is 22.6 Å². The molecule has 0 bridgehead atoms. The van der Waals surface area contributed by atoms with Gasteiger partial charge in [-0.3, -0.25) is 9.97 Å². The minimum Gasteiger partial charge on any atom is -0.397 e. The molecule has 3 heterocycles. The molecule has 0 radical (unpaired) electrons. The third kappa shape index (κ3) is 5.00. The second-order valence-electron chi connectivity index (χ2n) is 9.10. The number of anilines is 1. The van der Waals surface area contributed by atoms with Crippen molar-refractivity contribution >= 4 is 24.7 Å². The Labute approximate surface area is 184 Å². The number of ether oxygens (including phenoxy) is 1. The number of fused-ring (bicyclic) bond motifs is 1. The summed E-state index contributed by atoms with van der Waals surface area (Å²) in [5.41, 5.74) is 12.2. The van der Waals surface area contributed by atoms with Crippen LogP contribution < -0.4 is 5.73 Å². The highest BCUT2D eigenvalue weighted by atomic mass is 28.3. The van der Waals surface area contributed by atoms with Crippen molar-refractivity contribution < 1.29 is 4.74 Å². The van der Waals surface area contributed by atoms with Gasteiger partial charge in [0.25, 0.3) is 0 Å². The lowest BCUT2D eigenvalue weighted by atomic mass is 10.0. The molecule has 0 fully saturated rings. The molecule has 7 heteroatoms. The second kappa shape index (κ2) is 8.61. The quantitative estimate of drug-likeness (QED) is 0.315. The minimum atomic E-state index is -1.14. The van der Waals surface area contributed by atoms with Gasteiger partial charge in [0.1, 0.15) is 6.73 Å². The van der Waals surface area contributed by atoms with Crippen molar-refractivity contribution in [2.24, 2.45) is 0 Å². The number of hydrogen-bond donors (Lipinski definition) is 1. The number of aromatic nitrogens is 4. The zero-order valence-corrected chi connectivity index (χ0v) is 19.6. The molecule has 4 rings (SSSR count). The Bertz CT molecular complexity index is 1210. The molecule has 0 unspecified atom stereocenters. The van der Waals surface area contributed by atoms with Gasteiger partial charge in [0.05, 0.1) is 40.8 Å². The zero-order chi connectivity index (χ0) is 22.0. The SMILES string of the molecule is Cc1cccc(-c2c(-c3ccc4ncc(N)cc4c3)ncn2COCC[Si](C)(C)C)n1. The number of benzene rings is 1. The van der Waals surface area contributed by atoms with E-state index in [9.17, 15) is 0 Å². The lowest BCUT2D eigenvalue weighted by Gasteiger charge is -2.16.